The van der Waals surface area contributed by atoms with E-state index in [1.165, 1.54) is 39.1 Å². The van der Waals surface area contributed by atoms with E-state index in [0.29, 0.717) is 0 Å². The molecule has 4 aromatic carbocycles. The molecule has 1 aromatic heterocycles. The molecule has 0 saturated heterocycles. The number of rotatable bonds is 1. The number of fused-ring (bicyclic) bond motifs is 5. The molecule has 1 aliphatic heterocycles. The van der Waals surface area contributed by atoms with Crippen LogP contribution in [0, 0.1) is 25.1 Å². The van der Waals surface area contributed by atoms with Gasteiger partial charge in [-0.05, 0) is 77.1 Å². The summed E-state index contributed by atoms with van der Waals surface area (Å²) in [6, 6.07) is 15.9. The molecule has 0 spiro atoms. The van der Waals surface area contributed by atoms with Crippen LogP contribution in [0.5, 0.6) is 11.5 Å². The second kappa shape index (κ2) is 7.02. The van der Waals surface area contributed by atoms with Crippen LogP contribution in [0.15, 0.2) is 54.7 Å². The van der Waals surface area contributed by atoms with Gasteiger partial charge in [-0.3, -0.25) is 0 Å². The summed E-state index contributed by atoms with van der Waals surface area (Å²) < 4.78 is 23.3. The first-order valence-electron chi connectivity index (χ1n) is 11.9. The molecule has 6 rings (SSSR count). The Morgan fingerprint density at radius 1 is 0.853 bits per heavy atom. The number of hydrogen-bond donors (Lipinski definition) is 0. The van der Waals surface area contributed by atoms with E-state index in [1.807, 2.05) is 6.07 Å². The third-order valence-electron chi connectivity index (χ3n) is 7.08. The highest BCUT2D eigenvalue weighted by Gasteiger charge is 2.34. The number of pyridine rings is 1. The second-order valence-corrected chi connectivity index (χ2v) is 11.0. The van der Waals surface area contributed by atoms with E-state index in [0.717, 1.165) is 45.2 Å². The molecular weight excluding hydrogens is 421 g/mol. The summed E-state index contributed by atoms with van der Waals surface area (Å²) in [7, 11) is 2.10. The molecule has 0 bridgehead atoms. The van der Waals surface area contributed by atoms with E-state index >= 15 is 0 Å². The van der Waals surface area contributed by atoms with Gasteiger partial charge in [-0.25, -0.2) is 8.96 Å². The van der Waals surface area contributed by atoms with Crippen molar-refractivity contribution in [2.75, 3.05) is 0 Å². The van der Waals surface area contributed by atoms with E-state index in [9.17, 15) is 4.39 Å². The summed E-state index contributed by atoms with van der Waals surface area (Å²) in [6.45, 7) is 11.2. The molecule has 2 nitrogen and oxygen atoms in total. The van der Waals surface area contributed by atoms with Crippen LogP contribution in [0.2, 0.25) is 0 Å². The fraction of sp³-hybridized carbons (Fsp3) is 0.258. The molecule has 3 heteroatoms. The zero-order valence-corrected chi connectivity index (χ0v) is 20.6. The van der Waals surface area contributed by atoms with Crippen molar-refractivity contribution >= 4 is 32.3 Å². The maximum absolute atomic E-state index is 14.1. The molecule has 0 aliphatic carbocycles. The van der Waals surface area contributed by atoms with Crippen molar-refractivity contribution in [1.82, 2.24) is 0 Å². The maximum Gasteiger partial charge on any atom is 0.228 e. The summed E-state index contributed by atoms with van der Waals surface area (Å²) in [5.41, 5.74) is 6.14. The Bertz CT molecular complexity index is 1670. The third-order valence-corrected chi connectivity index (χ3v) is 7.08. The highest BCUT2D eigenvalue weighted by molar-refractivity contribution is 6.13. The van der Waals surface area contributed by atoms with Gasteiger partial charge in [0.15, 0.2) is 6.20 Å². The smallest absolute Gasteiger partial charge is 0.228 e. The van der Waals surface area contributed by atoms with Crippen molar-refractivity contribution in [3.8, 4) is 22.8 Å². The molecule has 0 fully saturated rings. The van der Waals surface area contributed by atoms with Crippen molar-refractivity contribution in [3.63, 3.8) is 0 Å². The minimum Gasteiger partial charge on any atom is -0.455 e. The molecule has 0 atom stereocenters. The van der Waals surface area contributed by atoms with Crippen LogP contribution in [-0.4, -0.2) is 0 Å². The van der Waals surface area contributed by atoms with Crippen LogP contribution in [-0.2, 0) is 13.5 Å². The number of ether oxygens (including phenoxy) is 1. The first kappa shape index (κ1) is 21.1. The molecule has 0 radical (unpaired) electrons. The van der Waals surface area contributed by atoms with Crippen LogP contribution in [0.4, 0.5) is 4.39 Å². The van der Waals surface area contributed by atoms with E-state index in [4.69, 9.17) is 4.74 Å². The summed E-state index contributed by atoms with van der Waals surface area (Å²) in [5.74, 6) is 1.53. The van der Waals surface area contributed by atoms with Gasteiger partial charge in [0.25, 0.3) is 0 Å². The monoisotopic (exact) mass is 450 g/mol. The van der Waals surface area contributed by atoms with Gasteiger partial charge in [-0.15, -0.1) is 0 Å². The number of aromatic nitrogens is 1. The van der Waals surface area contributed by atoms with Crippen LogP contribution >= 0.6 is 0 Å². The lowest BCUT2D eigenvalue weighted by Gasteiger charge is -2.28. The molecule has 2 heterocycles. The third kappa shape index (κ3) is 3.03. The van der Waals surface area contributed by atoms with E-state index in [2.05, 4.69) is 82.8 Å². The van der Waals surface area contributed by atoms with Crippen molar-refractivity contribution in [1.29, 1.82) is 0 Å². The molecule has 170 valence electrons. The Morgan fingerprint density at radius 3 is 2.38 bits per heavy atom. The number of halogens is 1. The van der Waals surface area contributed by atoms with Gasteiger partial charge >= 0.3 is 0 Å². The molecule has 34 heavy (non-hydrogen) atoms. The van der Waals surface area contributed by atoms with Crippen LogP contribution < -0.4 is 9.30 Å². The van der Waals surface area contributed by atoms with Gasteiger partial charge in [-0.1, -0.05) is 44.5 Å². The first-order chi connectivity index (χ1) is 16.1. The standard InChI is InChI=1S/C31H29FNO/c1-17-7-9-23-24(13-17)18(2)26-28-27-19(11-12-33(28)6)14-20-15-21(32)8-10-22(20)29(27)34-30(26)25(23)16-31(3,4)5/h7-15H,16H2,1-6H3/q+1. The SMILES string of the molecule is Cc1ccc2c(CC(C)(C)C)c3c(c(C)c2c1)-c1c2c(c4ccc(F)cc4cc2cc[n+]1C)O3. The molecule has 5 aromatic rings. The van der Waals surface area contributed by atoms with Gasteiger partial charge in [0.1, 0.15) is 24.4 Å². The van der Waals surface area contributed by atoms with Gasteiger partial charge in [-0.2, -0.15) is 0 Å². The predicted octanol–water partition coefficient (Wildman–Crippen LogP) is 8.09. The number of aryl methyl sites for hydroxylation is 3. The first-order valence-corrected chi connectivity index (χ1v) is 11.9. The minimum atomic E-state index is -0.234. The largest absolute Gasteiger partial charge is 0.455 e. The lowest BCUT2D eigenvalue weighted by atomic mass is 9.81. The van der Waals surface area contributed by atoms with Crippen LogP contribution in [0.25, 0.3) is 43.6 Å². The fourth-order valence-electron chi connectivity index (χ4n) is 5.61. The Balaban J connectivity index is 1.83. The molecule has 1 aliphatic rings. The Hall–Kier alpha value is -3.46. The number of benzene rings is 4. The quantitative estimate of drug-likeness (QED) is 0.182. The van der Waals surface area contributed by atoms with E-state index in [1.54, 1.807) is 6.07 Å². The minimum absolute atomic E-state index is 0.0839. The van der Waals surface area contributed by atoms with Crippen LogP contribution in [0.1, 0.15) is 37.5 Å². The molecular formula is C31H29FNO+. The normalized spacial score (nSPS) is 12.9. The molecule has 0 N–H and O–H groups in total. The Kier molecular flexibility index (Phi) is 4.36. The van der Waals surface area contributed by atoms with Crippen molar-refractivity contribution in [3.05, 3.63) is 77.2 Å². The molecule has 0 amide bonds. The maximum atomic E-state index is 14.1. The lowest BCUT2D eigenvalue weighted by Crippen LogP contribution is -2.32. The predicted molar refractivity (Wildman–Crippen MR) is 138 cm³/mol. The zero-order valence-electron chi connectivity index (χ0n) is 20.6. The van der Waals surface area contributed by atoms with Crippen LogP contribution in [0.3, 0.4) is 0 Å². The van der Waals surface area contributed by atoms with Gasteiger partial charge < -0.3 is 4.74 Å². The second-order valence-electron chi connectivity index (χ2n) is 11.0. The van der Waals surface area contributed by atoms with Crippen molar-refractivity contribution in [2.45, 2.75) is 41.0 Å². The highest BCUT2D eigenvalue weighted by atomic mass is 19.1. The van der Waals surface area contributed by atoms with E-state index < -0.39 is 0 Å². The Labute approximate surface area is 199 Å². The summed E-state index contributed by atoms with van der Waals surface area (Å²) >= 11 is 0. The number of hydrogen-bond acceptors (Lipinski definition) is 1. The zero-order chi connectivity index (χ0) is 23.9. The van der Waals surface area contributed by atoms with Gasteiger partial charge in [0, 0.05) is 17.0 Å². The molecule has 0 saturated carbocycles. The summed E-state index contributed by atoms with van der Waals surface area (Å²) in [6.07, 6.45) is 2.99. The summed E-state index contributed by atoms with van der Waals surface area (Å²) in [5, 5.41) is 6.49. The number of nitrogens with zero attached hydrogens (tertiary/aromatic N) is 1. The van der Waals surface area contributed by atoms with Crippen molar-refractivity contribution < 1.29 is 13.7 Å². The summed E-state index contributed by atoms with van der Waals surface area (Å²) in [4.78, 5) is 0. The fourth-order valence-corrected chi connectivity index (χ4v) is 5.61. The average molecular weight is 451 g/mol. The van der Waals surface area contributed by atoms with Gasteiger partial charge in [0.2, 0.25) is 5.69 Å². The topological polar surface area (TPSA) is 13.1 Å². The van der Waals surface area contributed by atoms with Gasteiger partial charge in [0.05, 0.1) is 10.9 Å². The highest BCUT2D eigenvalue weighted by Crippen LogP contribution is 2.53. The lowest BCUT2D eigenvalue weighted by molar-refractivity contribution is -0.659. The average Bonchev–Trinajstić information content (AvgIpc) is 2.77. The Morgan fingerprint density at radius 2 is 1.62 bits per heavy atom. The van der Waals surface area contributed by atoms with E-state index in [-0.39, 0.29) is 11.2 Å². The molecule has 0 unspecified atom stereocenters. The van der Waals surface area contributed by atoms with Crippen molar-refractivity contribution in [2.24, 2.45) is 12.5 Å².